The number of carbonyl (C=O) groups excluding carboxylic acids is 1. The zero-order chi connectivity index (χ0) is 20.3. The summed E-state index contributed by atoms with van der Waals surface area (Å²) in [4.78, 5) is 22.1. The molecule has 6 rings (SSSR count). The Bertz CT molecular complexity index is 1090. The fraction of sp³-hybridized carbons (Fsp3) is 0.480. The molecule has 3 fully saturated rings. The molecule has 0 aliphatic heterocycles. The van der Waals surface area contributed by atoms with E-state index in [1.54, 1.807) is 6.07 Å². The number of hydrogen-bond donors (Lipinski definition) is 1. The number of aromatic nitrogens is 2. The van der Waals surface area contributed by atoms with Crippen LogP contribution in [0.15, 0.2) is 46.9 Å². The molecule has 1 N–H and O–H groups in total. The number of amides is 1. The minimum atomic E-state index is -0.0373. The first-order valence-corrected chi connectivity index (χ1v) is 11.2. The predicted molar refractivity (Wildman–Crippen MR) is 114 cm³/mol. The number of hydrogen-bond acceptors (Lipinski definition) is 4. The van der Waals surface area contributed by atoms with Crippen LogP contribution in [-0.4, -0.2) is 21.9 Å². The van der Waals surface area contributed by atoms with Crippen LogP contribution in [0.3, 0.4) is 0 Å². The first-order valence-electron chi connectivity index (χ1n) is 11.2. The molecule has 5 heteroatoms. The highest BCUT2D eigenvalue weighted by atomic mass is 16.3. The SMILES string of the molecule is Cc1cccc(C(=O)NC2CC3CC4CC(c5nc6ccccc6o5)(C3)CC4C2)n1. The van der Waals surface area contributed by atoms with Crippen LogP contribution in [-0.2, 0) is 5.41 Å². The Labute approximate surface area is 176 Å². The number of fused-ring (bicyclic) bond motifs is 3. The maximum Gasteiger partial charge on any atom is 0.270 e. The molecule has 0 radical (unpaired) electrons. The molecular weight excluding hydrogens is 374 g/mol. The van der Waals surface area contributed by atoms with Crippen molar-refractivity contribution in [3.63, 3.8) is 0 Å². The van der Waals surface area contributed by atoms with Crippen LogP contribution in [0.5, 0.6) is 0 Å². The molecule has 3 bridgehead atoms. The highest BCUT2D eigenvalue weighted by molar-refractivity contribution is 5.92. The summed E-state index contributed by atoms with van der Waals surface area (Å²) in [5.74, 6) is 2.88. The first kappa shape index (κ1) is 18.1. The molecule has 3 aliphatic carbocycles. The zero-order valence-corrected chi connectivity index (χ0v) is 17.3. The molecule has 2 aromatic heterocycles. The van der Waals surface area contributed by atoms with Crippen molar-refractivity contribution in [3.8, 4) is 0 Å². The molecule has 1 amide bonds. The summed E-state index contributed by atoms with van der Waals surface area (Å²) >= 11 is 0. The van der Waals surface area contributed by atoms with Gasteiger partial charge in [-0.1, -0.05) is 18.2 Å². The number of pyridine rings is 1. The molecule has 2 heterocycles. The predicted octanol–water partition coefficient (Wildman–Crippen LogP) is 4.80. The van der Waals surface area contributed by atoms with Gasteiger partial charge >= 0.3 is 0 Å². The minimum Gasteiger partial charge on any atom is -0.440 e. The number of carbonyl (C=O) groups is 1. The first-order chi connectivity index (χ1) is 14.6. The molecule has 0 spiro atoms. The molecule has 3 aromatic rings. The summed E-state index contributed by atoms with van der Waals surface area (Å²) in [6.45, 7) is 1.92. The Morgan fingerprint density at radius 2 is 1.83 bits per heavy atom. The second-order valence-electron chi connectivity index (χ2n) is 9.81. The molecule has 30 heavy (non-hydrogen) atoms. The highest BCUT2D eigenvalue weighted by Crippen LogP contribution is 2.60. The van der Waals surface area contributed by atoms with Gasteiger partial charge in [-0.3, -0.25) is 4.79 Å². The van der Waals surface area contributed by atoms with E-state index in [9.17, 15) is 4.79 Å². The van der Waals surface area contributed by atoms with Gasteiger partial charge < -0.3 is 9.73 Å². The lowest BCUT2D eigenvalue weighted by atomic mass is 9.69. The zero-order valence-electron chi connectivity index (χ0n) is 17.3. The monoisotopic (exact) mass is 401 g/mol. The van der Waals surface area contributed by atoms with E-state index in [0.717, 1.165) is 54.3 Å². The summed E-state index contributed by atoms with van der Waals surface area (Å²) in [6.07, 6.45) is 6.83. The van der Waals surface area contributed by atoms with Crippen molar-refractivity contribution in [1.82, 2.24) is 15.3 Å². The summed E-state index contributed by atoms with van der Waals surface area (Å²) in [6, 6.07) is 14.0. The van der Waals surface area contributed by atoms with E-state index in [1.165, 1.54) is 12.8 Å². The number of para-hydroxylation sites is 2. The van der Waals surface area contributed by atoms with Gasteiger partial charge in [0.1, 0.15) is 11.2 Å². The Morgan fingerprint density at radius 1 is 1.00 bits per heavy atom. The van der Waals surface area contributed by atoms with Crippen LogP contribution >= 0.6 is 0 Å². The third-order valence-corrected chi connectivity index (χ3v) is 7.70. The summed E-state index contributed by atoms with van der Waals surface area (Å²) in [7, 11) is 0. The van der Waals surface area contributed by atoms with E-state index in [1.807, 2.05) is 43.3 Å². The standard InChI is InChI=1S/C25H27N3O2/c1-15-5-4-7-21(26-15)23(29)27-19-10-16-9-17-13-25(12-16,14-18(17)11-19)24-28-20-6-2-3-8-22(20)30-24/h2-8,16-19H,9-14H2,1H3,(H,27,29). The van der Waals surface area contributed by atoms with Crippen LogP contribution < -0.4 is 5.32 Å². The van der Waals surface area contributed by atoms with Crippen LogP contribution in [0.1, 0.15) is 60.6 Å². The van der Waals surface area contributed by atoms with E-state index < -0.39 is 0 Å². The maximum absolute atomic E-state index is 12.8. The third-order valence-electron chi connectivity index (χ3n) is 7.70. The van der Waals surface area contributed by atoms with Crippen molar-refractivity contribution in [2.75, 3.05) is 0 Å². The maximum atomic E-state index is 12.8. The van der Waals surface area contributed by atoms with Crippen molar-refractivity contribution in [2.24, 2.45) is 17.8 Å². The Hall–Kier alpha value is -2.69. The topological polar surface area (TPSA) is 68.0 Å². The second kappa shape index (κ2) is 6.66. The van der Waals surface area contributed by atoms with Crippen LogP contribution in [0.2, 0.25) is 0 Å². The van der Waals surface area contributed by atoms with Crippen molar-refractivity contribution < 1.29 is 9.21 Å². The molecule has 0 saturated heterocycles. The number of rotatable bonds is 3. The second-order valence-corrected chi connectivity index (χ2v) is 9.81. The number of benzene rings is 1. The summed E-state index contributed by atoms with van der Waals surface area (Å²) in [5.41, 5.74) is 3.36. The molecule has 3 saturated carbocycles. The lowest BCUT2D eigenvalue weighted by molar-refractivity contribution is 0.0914. The highest BCUT2D eigenvalue weighted by Gasteiger charge is 2.56. The molecule has 5 unspecified atom stereocenters. The van der Waals surface area contributed by atoms with Crippen LogP contribution in [0.4, 0.5) is 0 Å². The van der Waals surface area contributed by atoms with Gasteiger partial charge in [-0.2, -0.15) is 0 Å². The fourth-order valence-corrected chi connectivity index (χ4v) is 6.65. The van der Waals surface area contributed by atoms with Crippen LogP contribution in [0, 0.1) is 24.7 Å². The number of oxazole rings is 1. The molecule has 1 aromatic carbocycles. The van der Waals surface area contributed by atoms with Crippen LogP contribution in [0.25, 0.3) is 11.1 Å². The third kappa shape index (κ3) is 2.94. The quantitative estimate of drug-likeness (QED) is 0.685. The largest absolute Gasteiger partial charge is 0.440 e. The molecule has 3 aliphatic rings. The van der Waals surface area contributed by atoms with E-state index in [2.05, 4.69) is 10.3 Å². The van der Waals surface area contributed by atoms with Gasteiger partial charge in [-0.05, 0) is 87.5 Å². The van der Waals surface area contributed by atoms with Gasteiger partial charge in [-0.25, -0.2) is 9.97 Å². The van der Waals surface area contributed by atoms with E-state index in [-0.39, 0.29) is 17.4 Å². The van der Waals surface area contributed by atoms with Crippen molar-refractivity contribution >= 4 is 17.0 Å². The molecular formula is C25H27N3O2. The van der Waals surface area contributed by atoms with Gasteiger partial charge in [0.05, 0.1) is 0 Å². The smallest absolute Gasteiger partial charge is 0.270 e. The summed E-state index contributed by atoms with van der Waals surface area (Å²) in [5, 5.41) is 3.30. The van der Waals surface area contributed by atoms with Gasteiger partial charge in [0, 0.05) is 17.2 Å². The summed E-state index contributed by atoms with van der Waals surface area (Å²) < 4.78 is 6.26. The molecule has 154 valence electrons. The van der Waals surface area contributed by atoms with E-state index in [0.29, 0.717) is 17.5 Å². The van der Waals surface area contributed by atoms with Crippen molar-refractivity contribution in [1.29, 1.82) is 0 Å². The van der Waals surface area contributed by atoms with Gasteiger partial charge in [0.15, 0.2) is 5.58 Å². The fourth-order valence-electron chi connectivity index (χ4n) is 6.65. The normalized spacial score (nSPS) is 32.3. The molecule has 5 nitrogen and oxygen atoms in total. The number of nitrogens with zero attached hydrogens (tertiary/aromatic N) is 2. The molecule has 5 atom stereocenters. The van der Waals surface area contributed by atoms with Gasteiger partial charge in [0.25, 0.3) is 5.91 Å². The van der Waals surface area contributed by atoms with Gasteiger partial charge in [-0.15, -0.1) is 0 Å². The average Bonchev–Trinajstić information content (AvgIpc) is 3.24. The van der Waals surface area contributed by atoms with E-state index in [4.69, 9.17) is 9.40 Å². The lowest BCUT2D eigenvalue weighted by Gasteiger charge is -2.36. The Balaban J connectivity index is 1.23. The average molecular weight is 402 g/mol. The van der Waals surface area contributed by atoms with Gasteiger partial charge in [0.2, 0.25) is 5.89 Å². The Morgan fingerprint density at radius 3 is 2.67 bits per heavy atom. The minimum absolute atomic E-state index is 0.0373. The van der Waals surface area contributed by atoms with E-state index >= 15 is 0 Å². The number of aryl methyl sites for hydroxylation is 1. The Kier molecular flexibility index (Phi) is 4.02. The van der Waals surface area contributed by atoms with Crippen molar-refractivity contribution in [2.45, 2.75) is 56.9 Å². The van der Waals surface area contributed by atoms with Crippen molar-refractivity contribution in [3.05, 3.63) is 59.7 Å². The lowest BCUT2D eigenvalue weighted by Crippen LogP contribution is -2.40. The number of nitrogens with one attached hydrogen (secondary N) is 1.